The van der Waals surface area contributed by atoms with Gasteiger partial charge in [0.15, 0.2) is 0 Å². The number of methoxy groups -OCH3 is 1. The summed E-state index contributed by atoms with van der Waals surface area (Å²) in [4.78, 5) is 16.6. The molecule has 3 aromatic rings. The third kappa shape index (κ3) is 5.53. The average molecular weight is 417 g/mol. The molecule has 1 heterocycles. The van der Waals surface area contributed by atoms with Crippen LogP contribution in [0.25, 0.3) is 11.5 Å². The molecule has 0 unspecified atom stereocenters. The smallest absolute Gasteiger partial charge is 0.230 e. The number of aromatic nitrogens is 1. The van der Waals surface area contributed by atoms with E-state index >= 15 is 0 Å². The topological polar surface area (TPSA) is 64.4 Å². The number of hydrogen-bond donors (Lipinski definition) is 1. The third-order valence-electron chi connectivity index (χ3n) is 4.10. The highest BCUT2D eigenvalue weighted by Gasteiger charge is 2.12. The normalized spacial score (nSPS) is 10.7. The summed E-state index contributed by atoms with van der Waals surface area (Å²) in [7, 11) is 1.63. The minimum absolute atomic E-state index is 0.0172. The molecule has 0 aliphatic heterocycles. The van der Waals surface area contributed by atoms with Gasteiger partial charge in [0.05, 0.1) is 18.6 Å². The van der Waals surface area contributed by atoms with Gasteiger partial charge in [-0.1, -0.05) is 23.7 Å². The van der Waals surface area contributed by atoms with E-state index < -0.39 is 0 Å². The van der Waals surface area contributed by atoms with Gasteiger partial charge in [0.25, 0.3) is 0 Å². The number of aryl methyl sites for hydroxylation is 1. The van der Waals surface area contributed by atoms with Gasteiger partial charge in [0, 0.05) is 22.9 Å². The van der Waals surface area contributed by atoms with E-state index in [1.165, 1.54) is 11.8 Å². The Labute approximate surface area is 173 Å². The molecule has 3 rings (SSSR count). The minimum atomic E-state index is -0.0172. The van der Waals surface area contributed by atoms with Gasteiger partial charge in [-0.2, -0.15) is 0 Å². The molecule has 0 saturated carbocycles. The van der Waals surface area contributed by atoms with Gasteiger partial charge in [-0.3, -0.25) is 4.79 Å². The predicted molar refractivity (Wildman–Crippen MR) is 113 cm³/mol. The van der Waals surface area contributed by atoms with Crippen molar-refractivity contribution in [2.45, 2.75) is 19.2 Å². The number of rotatable bonds is 8. The molecule has 0 aliphatic rings. The largest absolute Gasteiger partial charge is 0.497 e. The molecule has 1 amide bonds. The van der Waals surface area contributed by atoms with Crippen LogP contribution in [0, 0.1) is 6.92 Å². The number of carbonyl (C=O) groups is 1. The monoisotopic (exact) mass is 416 g/mol. The molecular weight excluding hydrogens is 396 g/mol. The van der Waals surface area contributed by atoms with Crippen LogP contribution in [0.4, 0.5) is 0 Å². The molecule has 1 N–H and O–H groups in total. The first kappa shape index (κ1) is 20.3. The zero-order valence-electron chi connectivity index (χ0n) is 15.7. The van der Waals surface area contributed by atoms with Gasteiger partial charge >= 0.3 is 0 Å². The summed E-state index contributed by atoms with van der Waals surface area (Å²) < 4.78 is 10.9. The van der Waals surface area contributed by atoms with E-state index in [-0.39, 0.29) is 5.91 Å². The third-order valence-corrected chi connectivity index (χ3v) is 5.30. The van der Waals surface area contributed by atoms with Gasteiger partial charge in [-0.15, -0.1) is 11.8 Å². The number of carbonyl (C=O) groups excluding carboxylic acids is 1. The summed E-state index contributed by atoms with van der Waals surface area (Å²) in [5.41, 5.74) is 2.75. The molecule has 0 bridgehead atoms. The van der Waals surface area contributed by atoms with Gasteiger partial charge in [0.2, 0.25) is 11.8 Å². The summed E-state index contributed by atoms with van der Waals surface area (Å²) in [6.45, 7) is 2.37. The van der Waals surface area contributed by atoms with Crippen molar-refractivity contribution in [3.05, 3.63) is 70.6 Å². The van der Waals surface area contributed by atoms with Crippen molar-refractivity contribution in [3.8, 4) is 17.2 Å². The van der Waals surface area contributed by atoms with Crippen molar-refractivity contribution in [1.29, 1.82) is 0 Å². The van der Waals surface area contributed by atoms with Gasteiger partial charge < -0.3 is 14.5 Å². The van der Waals surface area contributed by atoms with Gasteiger partial charge in [0.1, 0.15) is 11.5 Å². The van der Waals surface area contributed by atoms with Crippen LogP contribution < -0.4 is 10.1 Å². The van der Waals surface area contributed by atoms with E-state index in [0.29, 0.717) is 29.0 Å². The molecule has 7 heteroatoms. The molecule has 146 valence electrons. The Morgan fingerprint density at radius 1 is 1.18 bits per heavy atom. The first-order valence-electron chi connectivity index (χ1n) is 8.75. The summed E-state index contributed by atoms with van der Waals surface area (Å²) in [6, 6.07) is 15.0. The Kier molecular flexibility index (Phi) is 7.01. The molecule has 1 aromatic heterocycles. The van der Waals surface area contributed by atoms with Crippen LogP contribution in [0.3, 0.4) is 0 Å². The number of benzene rings is 2. The predicted octanol–water partition coefficient (Wildman–Crippen LogP) is 4.86. The molecule has 2 aromatic carbocycles. The lowest BCUT2D eigenvalue weighted by atomic mass is 10.2. The number of hydrogen-bond acceptors (Lipinski definition) is 5. The summed E-state index contributed by atoms with van der Waals surface area (Å²) >= 11 is 7.36. The van der Waals surface area contributed by atoms with E-state index in [2.05, 4.69) is 10.3 Å². The minimum Gasteiger partial charge on any atom is -0.497 e. The Balaban J connectivity index is 1.48. The molecular formula is C21H21ClN2O3S. The molecule has 0 saturated heterocycles. The van der Waals surface area contributed by atoms with Gasteiger partial charge in [-0.25, -0.2) is 4.98 Å². The highest BCUT2D eigenvalue weighted by Crippen LogP contribution is 2.25. The van der Waals surface area contributed by atoms with Crippen molar-refractivity contribution in [1.82, 2.24) is 10.3 Å². The van der Waals surface area contributed by atoms with E-state index in [1.54, 1.807) is 7.11 Å². The molecule has 0 fully saturated rings. The van der Waals surface area contributed by atoms with E-state index in [1.807, 2.05) is 55.5 Å². The number of nitrogens with one attached hydrogen (secondary N) is 1. The van der Waals surface area contributed by atoms with Crippen LogP contribution >= 0.6 is 23.4 Å². The Morgan fingerprint density at radius 3 is 2.57 bits per heavy atom. The van der Waals surface area contributed by atoms with Crippen LogP contribution in [0.15, 0.2) is 52.9 Å². The second-order valence-corrected chi connectivity index (χ2v) is 7.57. The maximum absolute atomic E-state index is 12.0. The summed E-state index contributed by atoms with van der Waals surface area (Å²) in [6.07, 6.45) is 0. The standard InChI is InChI=1S/C21H21ClN2O3S/c1-14-19(24-21(27-14)16-5-9-18(26-2)10-6-16)12-28-13-20(25)23-11-15-3-7-17(22)8-4-15/h3-10H,11-13H2,1-2H3,(H,23,25). The Hall–Kier alpha value is -2.44. The van der Waals surface area contributed by atoms with Crippen LogP contribution in [0.5, 0.6) is 5.75 Å². The van der Waals surface area contributed by atoms with E-state index in [0.717, 1.165) is 28.3 Å². The van der Waals surface area contributed by atoms with Crippen molar-refractivity contribution in [3.63, 3.8) is 0 Å². The second-order valence-electron chi connectivity index (χ2n) is 6.15. The fraction of sp³-hybridized carbons (Fsp3) is 0.238. The summed E-state index contributed by atoms with van der Waals surface area (Å²) in [5.74, 6) is 3.07. The highest BCUT2D eigenvalue weighted by atomic mass is 35.5. The maximum Gasteiger partial charge on any atom is 0.230 e. The van der Waals surface area contributed by atoms with E-state index in [9.17, 15) is 4.79 Å². The molecule has 0 aliphatic carbocycles. The lowest BCUT2D eigenvalue weighted by Crippen LogP contribution is -2.24. The first-order chi connectivity index (χ1) is 13.5. The van der Waals surface area contributed by atoms with Crippen LogP contribution in [-0.4, -0.2) is 23.8 Å². The lowest BCUT2D eigenvalue weighted by molar-refractivity contribution is -0.118. The summed E-state index contributed by atoms with van der Waals surface area (Å²) in [5, 5.41) is 3.59. The number of halogens is 1. The molecule has 28 heavy (non-hydrogen) atoms. The molecule has 5 nitrogen and oxygen atoms in total. The number of oxazole rings is 1. The Bertz CT molecular complexity index is 924. The fourth-order valence-electron chi connectivity index (χ4n) is 2.51. The quantitative estimate of drug-likeness (QED) is 0.568. The second kappa shape index (κ2) is 9.66. The van der Waals surface area contributed by atoms with Crippen molar-refractivity contribution in [2.75, 3.05) is 12.9 Å². The number of amides is 1. The van der Waals surface area contributed by atoms with Crippen LogP contribution in [0.2, 0.25) is 5.02 Å². The van der Waals surface area contributed by atoms with Crippen molar-refractivity contribution < 1.29 is 13.9 Å². The van der Waals surface area contributed by atoms with Crippen molar-refractivity contribution in [2.24, 2.45) is 0 Å². The van der Waals surface area contributed by atoms with Crippen molar-refractivity contribution >= 4 is 29.3 Å². The zero-order valence-corrected chi connectivity index (χ0v) is 17.3. The molecule has 0 spiro atoms. The van der Waals surface area contributed by atoms with Crippen LogP contribution in [-0.2, 0) is 17.1 Å². The first-order valence-corrected chi connectivity index (χ1v) is 10.3. The maximum atomic E-state index is 12.0. The van der Waals surface area contributed by atoms with E-state index in [4.69, 9.17) is 20.8 Å². The number of ether oxygens (including phenoxy) is 1. The SMILES string of the molecule is COc1ccc(-c2nc(CSCC(=O)NCc3ccc(Cl)cc3)c(C)o2)cc1. The van der Waals surface area contributed by atoms with Gasteiger partial charge in [-0.05, 0) is 48.9 Å². The molecule has 0 atom stereocenters. The zero-order chi connectivity index (χ0) is 19.9. The fourth-order valence-corrected chi connectivity index (χ4v) is 3.49. The lowest BCUT2D eigenvalue weighted by Gasteiger charge is -2.05. The number of thioether (sulfide) groups is 1. The average Bonchev–Trinajstić information content (AvgIpc) is 3.08. The Morgan fingerprint density at radius 2 is 1.89 bits per heavy atom. The van der Waals surface area contributed by atoms with Crippen LogP contribution in [0.1, 0.15) is 17.0 Å². The number of nitrogens with zero attached hydrogens (tertiary/aromatic N) is 1. The highest BCUT2D eigenvalue weighted by molar-refractivity contribution is 7.99. The molecule has 0 radical (unpaired) electrons.